The van der Waals surface area contributed by atoms with Gasteiger partial charge in [0.25, 0.3) is 0 Å². The van der Waals surface area contributed by atoms with Crippen molar-refractivity contribution >= 4 is 55.2 Å². The van der Waals surface area contributed by atoms with Crippen LogP contribution in [0.5, 0.6) is 5.75 Å². The van der Waals surface area contributed by atoms with Gasteiger partial charge < -0.3 is 4.74 Å². The van der Waals surface area contributed by atoms with Crippen molar-refractivity contribution in [1.29, 1.82) is 5.26 Å². The Morgan fingerprint density at radius 2 is 1.76 bits per heavy atom. The van der Waals surface area contributed by atoms with Gasteiger partial charge in [0.2, 0.25) is 0 Å². The molecule has 21 heavy (non-hydrogen) atoms. The van der Waals surface area contributed by atoms with Gasteiger partial charge in [-0.2, -0.15) is 5.26 Å². The summed E-state index contributed by atoms with van der Waals surface area (Å²) in [6, 6.07) is 11.8. The summed E-state index contributed by atoms with van der Waals surface area (Å²) in [6.07, 6.45) is -0.650. The lowest BCUT2D eigenvalue weighted by Crippen LogP contribution is -2.17. The van der Waals surface area contributed by atoms with Crippen LogP contribution < -0.4 is 10.1 Å². The van der Waals surface area contributed by atoms with Crippen LogP contribution in [0.4, 0.5) is 10.5 Å². The molecule has 1 amide bonds. The maximum Gasteiger partial charge on any atom is 0.417 e. The smallest absolute Gasteiger partial charge is 0.408 e. The maximum absolute atomic E-state index is 11.9. The quantitative estimate of drug-likeness (QED) is 0.699. The van der Waals surface area contributed by atoms with E-state index >= 15 is 0 Å². The number of nitriles is 1. The summed E-state index contributed by atoms with van der Waals surface area (Å²) in [4.78, 5) is 11.9. The normalized spacial score (nSPS) is 9.81. The van der Waals surface area contributed by atoms with Crippen molar-refractivity contribution in [3.63, 3.8) is 0 Å². The zero-order valence-electron chi connectivity index (χ0n) is 10.4. The Bertz CT molecular complexity index is 704. The largest absolute Gasteiger partial charge is 0.417 e. The van der Waals surface area contributed by atoms with E-state index in [0.717, 1.165) is 0 Å². The number of benzene rings is 2. The van der Waals surface area contributed by atoms with E-state index in [1.54, 1.807) is 36.4 Å². The van der Waals surface area contributed by atoms with Gasteiger partial charge in [-0.3, -0.25) is 5.32 Å². The molecule has 0 aliphatic heterocycles. The van der Waals surface area contributed by atoms with E-state index in [9.17, 15) is 4.79 Å². The molecule has 0 aliphatic rings. The highest BCUT2D eigenvalue weighted by Crippen LogP contribution is 2.34. The van der Waals surface area contributed by atoms with Crippen molar-refractivity contribution in [3.8, 4) is 11.8 Å². The van der Waals surface area contributed by atoms with E-state index in [1.807, 2.05) is 6.07 Å². The SMILES string of the molecule is N#Cc1cc(Br)c(OC(=O)Nc2ccc(Cl)cc2)c(Br)c1. The highest BCUT2D eigenvalue weighted by molar-refractivity contribution is 9.11. The fraction of sp³-hybridized carbons (Fsp3) is 0. The molecule has 0 heterocycles. The number of hydrogen-bond acceptors (Lipinski definition) is 3. The van der Waals surface area contributed by atoms with Crippen molar-refractivity contribution in [2.45, 2.75) is 0 Å². The molecule has 0 aromatic heterocycles. The standard InChI is InChI=1S/C14H7Br2ClN2O2/c15-11-5-8(7-18)6-12(16)13(11)21-14(20)19-10-3-1-9(17)2-4-10/h1-6H,(H,19,20). The van der Waals surface area contributed by atoms with Gasteiger partial charge >= 0.3 is 6.09 Å². The van der Waals surface area contributed by atoms with Crippen LogP contribution in [0, 0.1) is 11.3 Å². The molecular formula is C14H7Br2ClN2O2. The summed E-state index contributed by atoms with van der Waals surface area (Å²) in [5.41, 5.74) is 1.00. The van der Waals surface area contributed by atoms with Crippen LogP contribution in [-0.4, -0.2) is 6.09 Å². The lowest BCUT2D eigenvalue weighted by Gasteiger charge is -2.10. The monoisotopic (exact) mass is 428 g/mol. The first kappa shape index (κ1) is 15.8. The molecule has 0 fully saturated rings. The Labute approximate surface area is 142 Å². The van der Waals surface area contributed by atoms with Gasteiger partial charge in [-0.15, -0.1) is 0 Å². The van der Waals surface area contributed by atoms with Crippen LogP contribution in [0.25, 0.3) is 0 Å². The summed E-state index contributed by atoms with van der Waals surface area (Å²) in [6.45, 7) is 0. The first-order valence-corrected chi connectivity index (χ1v) is 7.59. The van der Waals surface area contributed by atoms with Gasteiger partial charge in [-0.05, 0) is 68.3 Å². The van der Waals surface area contributed by atoms with Crippen LogP contribution >= 0.6 is 43.5 Å². The fourth-order valence-corrected chi connectivity index (χ4v) is 2.97. The van der Waals surface area contributed by atoms with E-state index < -0.39 is 6.09 Å². The van der Waals surface area contributed by atoms with Crippen molar-refractivity contribution in [2.75, 3.05) is 5.32 Å². The second-order valence-corrected chi connectivity index (χ2v) is 6.05. The summed E-state index contributed by atoms with van der Waals surface area (Å²) < 4.78 is 6.22. The third-order valence-electron chi connectivity index (χ3n) is 2.41. The van der Waals surface area contributed by atoms with Crippen LogP contribution in [-0.2, 0) is 0 Å². The van der Waals surface area contributed by atoms with E-state index in [-0.39, 0.29) is 0 Å². The summed E-state index contributed by atoms with van der Waals surface area (Å²) in [7, 11) is 0. The number of rotatable bonds is 2. The molecule has 0 saturated carbocycles. The van der Waals surface area contributed by atoms with Gasteiger partial charge in [0, 0.05) is 10.7 Å². The highest BCUT2D eigenvalue weighted by Gasteiger charge is 2.13. The number of carbonyl (C=O) groups excluding carboxylic acids is 1. The zero-order chi connectivity index (χ0) is 15.4. The van der Waals surface area contributed by atoms with Gasteiger partial charge in [0.1, 0.15) is 0 Å². The zero-order valence-corrected chi connectivity index (χ0v) is 14.3. The summed E-state index contributed by atoms with van der Waals surface area (Å²) in [5, 5.41) is 12.0. The third-order valence-corrected chi connectivity index (χ3v) is 3.84. The molecule has 0 bridgehead atoms. The molecule has 0 aliphatic carbocycles. The number of nitrogens with one attached hydrogen (secondary N) is 1. The molecule has 2 rings (SSSR count). The highest BCUT2D eigenvalue weighted by atomic mass is 79.9. The third kappa shape index (κ3) is 4.21. The molecule has 106 valence electrons. The second-order valence-electron chi connectivity index (χ2n) is 3.90. The lowest BCUT2D eigenvalue weighted by molar-refractivity contribution is 0.214. The number of hydrogen-bond donors (Lipinski definition) is 1. The van der Waals surface area contributed by atoms with Crippen LogP contribution in [0.2, 0.25) is 5.02 Å². The molecule has 0 spiro atoms. The van der Waals surface area contributed by atoms with Crippen LogP contribution in [0.15, 0.2) is 45.3 Å². The van der Waals surface area contributed by atoms with E-state index in [1.165, 1.54) is 0 Å². The topological polar surface area (TPSA) is 62.1 Å². The Balaban J connectivity index is 2.13. The number of carbonyl (C=O) groups is 1. The molecule has 0 saturated heterocycles. The maximum atomic E-state index is 11.9. The van der Waals surface area contributed by atoms with Gasteiger partial charge in [-0.1, -0.05) is 11.6 Å². The van der Waals surface area contributed by atoms with Crippen LogP contribution in [0.3, 0.4) is 0 Å². The number of nitrogens with zero attached hydrogens (tertiary/aromatic N) is 1. The Kier molecular flexibility index (Phi) is 5.23. The molecule has 2 aromatic rings. The number of anilines is 1. The van der Waals surface area contributed by atoms with Gasteiger partial charge in [-0.25, -0.2) is 4.79 Å². The van der Waals surface area contributed by atoms with Crippen LogP contribution in [0.1, 0.15) is 5.56 Å². The van der Waals surface area contributed by atoms with Gasteiger partial charge in [0.15, 0.2) is 5.75 Å². The Morgan fingerprint density at radius 1 is 1.19 bits per heavy atom. The van der Waals surface area contributed by atoms with Crippen molar-refractivity contribution < 1.29 is 9.53 Å². The minimum atomic E-state index is -0.650. The predicted octanol–water partition coefficient (Wildman–Crippen LogP) is 5.35. The average molecular weight is 430 g/mol. The van der Waals surface area contributed by atoms with E-state index in [0.29, 0.717) is 31.0 Å². The first-order valence-electron chi connectivity index (χ1n) is 5.63. The number of amides is 1. The molecule has 2 aromatic carbocycles. The first-order chi connectivity index (χ1) is 9.99. The van der Waals surface area contributed by atoms with Crippen molar-refractivity contribution in [2.24, 2.45) is 0 Å². The number of halogens is 3. The predicted molar refractivity (Wildman–Crippen MR) is 87.7 cm³/mol. The molecule has 0 radical (unpaired) electrons. The summed E-state index contributed by atoms with van der Waals surface area (Å²) in [5.74, 6) is 0.292. The molecule has 0 atom stereocenters. The molecular weight excluding hydrogens is 423 g/mol. The molecule has 0 unspecified atom stereocenters. The molecule has 1 N–H and O–H groups in total. The molecule has 7 heteroatoms. The minimum Gasteiger partial charge on any atom is -0.408 e. The second kappa shape index (κ2) is 6.94. The van der Waals surface area contributed by atoms with Crippen molar-refractivity contribution in [3.05, 3.63) is 55.9 Å². The van der Waals surface area contributed by atoms with Gasteiger partial charge in [0.05, 0.1) is 20.6 Å². The van der Waals surface area contributed by atoms with Crippen molar-refractivity contribution in [1.82, 2.24) is 0 Å². The lowest BCUT2D eigenvalue weighted by atomic mass is 10.2. The summed E-state index contributed by atoms with van der Waals surface area (Å²) >= 11 is 12.3. The Hall–Kier alpha value is -1.55. The van der Waals surface area contributed by atoms with E-state index in [2.05, 4.69) is 37.2 Å². The molecule has 4 nitrogen and oxygen atoms in total. The van der Waals surface area contributed by atoms with E-state index in [4.69, 9.17) is 21.6 Å². The number of ether oxygens (including phenoxy) is 1. The average Bonchev–Trinajstić information content (AvgIpc) is 2.45. The fourth-order valence-electron chi connectivity index (χ4n) is 1.49. The minimum absolute atomic E-state index is 0.292. The Morgan fingerprint density at radius 3 is 2.29 bits per heavy atom.